The van der Waals surface area contributed by atoms with Gasteiger partial charge in [-0.3, -0.25) is 10.3 Å². The molecule has 0 radical (unpaired) electrons. The van der Waals surface area contributed by atoms with Crippen molar-refractivity contribution >= 4 is 5.97 Å². The van der Waals surface area contributed by atoms with Crippen molar-refractivity contribution in [2.24, 2.45) is 5.92 Å². The molecule has 0 amide bonds. The molecular formula is C13H18N2O2. The summed E-state index contributed by atoms with van der Waals surface area (Å²) in [4.78, 5) is 15.6. The van der Waals surface area contributed by atoms with Gasteiger partial charge in [-0.25, -0.2) is 4.79 Å². The van der Waals surface area contributed by atoms with Crippen LogP contribution in [-0.2, 0) is 10.3 Å². The van der Waals surface area contributed by atoms with E-state index in [1.54, 1.807) is 25.3 Å². The van der Waals surface area contributed by atoms with E-state index in [0.29, 0.717) is 11.6 Å². The van der Waals surface area contributed by atoms with E-state index in [2.05, 4.69) is 10.3 Å². The highest BCUT2D eigenvalue weighted by atomic mass is 16.4. The van der Waals surface area contributed by atoms with Crippen LogP contribution >= 0.6 is 0 Å². The quantitative estimate of drug-likeness (QED) is 0.815. The van der Waals surface area contributed by atoms with Crippen LogP contribution in [0.3, 0.4) is 0 Å². The first-order valence-corrected chi connectivity index (χ1v) is 6.03. The molecule has 1 aliphatic rings. The number of rotatable bonds is 5. The minimum absolute atomic E-state index is 0.562. The maximum absolute atomic E-state index is 11.4. The van der Waals surface area contributed by atoms with Crippen molar-refractivity contribution in [3.8, 4) is 0 Å². The number of carbonyl (C=O) groups is 1. The van der Waals surface area contributed by atoms with Gasteiger partial charge in [0.05, 0.1) is 5.69 Å². The Morgan fingerprint density at radius 1 is 1.59 bits per heavy atom. The molecule has 1 aliphatic carbocycles. The number of hydrogen-bond donors (Lipinski definition) is 2. The Kier molecular flexibility index (Phi) is 3.43. The van der Waals surface area contributed by atoms with Gasteiger partial charge in [0.2, 0.25) is 0 Å². The van der Waals surface area contributed by atoms with Crippen LogP contribution in [0.15, 0.2) is 24.4 Å². The summed E-state index contributed by atoms with van der Waals surface area (Å²) < 4.78 is 0. The van der Waals surface area contributed by atoms with Crippen LogP contribution in [0.5, 0.6) is 0 Å². The van der Waals surface area contributed by atoms with Gasteiger partial charge in [0.25, 0.3) is 0 Å². The van der Waals surface area contributed by atoms with E-state index < -0.39 is 11.5 Å². The second-order valence-electron chi connectivity index (χ2n) is 4.82. The van der Waals surface area contributed by atoms with Crippen LogP contribution in [0.4, 0.5) is 0 Å². The van der Waals surface area contributed by atoms with E-state index in [9.17, 15) is 9.90 Å². The van der Waals surface area contributed by atoms with E-state index in [0.717, 1.165) is 6.54 Å². The summed E-state index contributed by atoms with van der Waals surface area (Å²) in [5.74, 6) is -0.257. The topological polar surface area (TPSA) is 62.2 Å². The number of nitrogens with zero attached hydrogens (tertiary/aromatic N) is 1. The molecule has 0 aliphatic heterocycles. The SMILES string of the molecule is CC(NCC1CCC1)(C(=O)O)c1ccccn1. The Bertz CT molecular complexity index is 390. The van der Waals surface area contributed by atoms with Gasteiger partial charge in [0.15, 0.2) is 5.54 Å². The van der Waals surface area contributed by atoms with Crippen molar-refractivity contribution in [3.05, 3.63) is 30.1 Å². The van der Waals surface area contributed by atoms with Gasteiger partial charge in [-0.05, 0) is 44.4 Å². The molecule has 2 N–H and O–H groups in total. The molecule has 1 aromatic heterocycles. The average molecular weight is 234 g/mol. The molecule has 1 heterocycles. The van der Waals surface area contributed by atoms with E-state index >= 15 is 0 Å². The van der Waals surface area contributed by atoms with Crippen LogP contribution in [0.2, 0.25) is 0 Å². The molecule has 1 atom stereocenters. The maximum atomic E-state index is 11.4. The lowest BCUT2D eigenvalue weighted by Gasteiger charge is -2.31. The minimum Gasteiger partial charge on any atom is -0.480 e. The average Bonchev–Trinajstić information content (AvgIpc) is 2.27. The van der Waals surface area contributed by atoms with Crippen molar-refractivity contribution in [3.63, 3.8) is 0 Å². The molecule has 4 nitrogen and oxygen atoms in total. The second kappa shape index (κ2) is 4.84. The van der Waals surface area contributed by atoms with E-state index in [-0.39, 0.29) is 0 Å². The van der Waals surface area contributed by atoms with Crippen LogP contribution < -0.4 is 5.32 Å². The van der Waals surface area contributed by atoms with Crippen molar-refractivity contribution in [2.45, 2.75) is 31.7 Å². The largest absolute Gasteiger partial charge is 0.480 e. The zero-order valence-electron chi connectivity index (χ0n) is 10.0. The van der Waals surface area contributed by atoms with Gasteiger partial charge in [-0.1, -0.05) is 12.5 Å². The molecule has 17 heavy (non-hydrogen) atoms. The van der Waals surface area contributed by atoms with Gasteiger partial charge >= 0.3 is 5.97 Å². The first kappa shape index (κ1) is 12.0. The number of nitrogens with one attached hydrogen (secondary N) is 1. The van der Waals surface area contributed by atoms with Gasteiger partial charge in [0.1, 0.15) is 0 Å². The van der Waals surface area contributed by atoms with Crippen LogP contribution in [0.25, 0.3) is 0 Å². The molecule has 0 aromatic carbocycles. The van der Waals surface area contributed by atoms with Gasteiger partial charge < -0.3 is 5.11 Å². The number of carboxylic acid groups (broad SMARTS) is 1. The standard InChI is InChI=1S/C13H18N2O2/c1-13(12(16)17,11-7-2-3-8-14-11)15-9-10-5-4-6-10/h2-3,7-8,10,15H,4-6,9H2,1H3,(H,16,17). The fourth-order valence-corrected chi connectivity index (χ4v) is 1.98. The molecule has 4 heteroatoms. The number of hydrogen-bond acceptors (Lipinski definition) is 3. The molecule has 92 valence electrons. The smallest absolute Gasteiger partial charge is 0.329 e. The summed E-state index contributed by atoms with van der Waals surface area (Å²) >= 11 is 0. The third kappa shape index (κ3) is 2.47. The number of aliphatic carboxylic acids is 1. The van der Waals surface area contributed by atoms with Crippen molar-refractivity contribution < 1.29 is 9.90 Å². The summed E-state index contributed by atoms with van der Waals surface area (Å²) in [6.45, 7) is 2.43. The molecule has 0 saturated heterocycles. The molecule has 1 unspecified atom stereocenters. The van der Waals surface area contributed by atoms with Crippen molar-refractivity contribution in [1.29, 1.82) is 0 Å². The lowest BCUT2D eigenvalue weighted by atomic mass is 9.84. The Hall–Kier alpha value is -1.42. The summed E-state index contributed by atoms with van der Waals surface area (Å²) in [5.41, 5.74) is -0.525. The molecular weight excluding hydrogens is 216 g/mol. The number of carboxylic acids is 1. The van der Waals surface area contributed by atoms with Crippen molar-refractivity contribution in [2.75, 3.05) is 6.54 Å². The molecule has 0 spiro atoms. The fraction of sp³-hybridized carbons (Fsp3) is 0.538. The Morgan fingerprint density at radius 2 is 2.35 bits per heavy atom. The van der Waals surface area contributed by atoms with Gasteiger partial charge in [-0.15, -0.1) is 0 Å². The Labute approximate surface area is 101 Å². The highest BCUT2D eigenvalue weighted by molar-refractivity contribution is 5.79. The normalized spacial score (nSPS) is 19.4. The Balaban J connectivity index is 2.11. The first-order valence-electron chi connectivity index (χ1n) is 6.03. The monoisotopic (exact) mass is 234 g/mol. The number of pyridine rings is 1. The summed E-state index contributed by atoms with van der Waals surface area (Å²) in [5, 5.41) is 12.5. The maximum Gasteiger partial charge on any atom is 0.329 e. The summed E-state index contributed by atoms with van der Waals surface area (Å²) in [7, 11) is 0. The van der Waals surface area contributed by atoms with Crippen LogP contribution in [-0.4, -0.2) is 22.6 Å². The van der Waals surface area contributed by atoms with Crippen LogP contribution in [0, 0.1) is 5.92 Å². The predicted molar refractivity (Wildman–Crippen MR) is 64.6 cm³/mol. The molecule has 0 bridgehead atoms. The van der Waals surface area contributed by atoms with Gasteiger partial charge in [0, 0.05) is 6.20 Å². The van der Waals surface area contributed by atoms with Crippen molar-refractivity contribution in [1.82, 2.24) is 10.3 Å². The predicted octanol–water partition coefficient (Wildman–Crippen LogP) is 1.77. The second-order valence-corrected chi connectivity index (χ2v) is 4.82. The lowest BCUT2D eigenvalue weighted by molar-refractivity contribution is -0.145. The van der Waals surface area contributed by atoms with E-state index in [4.69, 9.17) is 0 Å². The third-order valence-electron chi connectivity index (χ3n) is 3.57. The highest BCUT2D eigenvalue weighted by Crippen LogP contribution is 2.27. The minimum atomic E-state index is -1.09. The van der Waals surface area contributed by atoms with E-state index in [1.165, 1.54) is 19.3 Å². The van der Waals surface area contributed by atoms with E-state index in [1.807, 2.05) is 6.07 Å². The summed E-state index contributed by atoms with van der Waals surface area (Å²) in [6.07, 6.45) is 5.29. The zero-order valence-corrected chi connectivity index (χ0v) is 10.0. The third-order valence-corrected chi connectivity index (χ3v) is 3.57. The molecule has 1 saturated carbocycles. The highest BCUT2D eigenvalue weighted by Gasteiger charge is 2.37. The van der Waals surface area contributed by atoms with Crippen LogP contribution in [0.1, 0.15) is 31.9 Å². The molecule has 2 rings (SSSR count). The van der Waals surface area contributed by atoms with Gasteiger partial charge in [-0.2, -0.15) is 0 Å². The number of aromatic nitrogens is 1. The lowest BCUT2D eigenvalue weighted by Crippen LogP contribution is -2.49. The summed E-state index contributed by atoms with van der Waals surface area (Å²) in [6, 6.07) is 5.36. The Morgan fingerprint density at radius 3 is 2.82 bits per heavy atom. The molecule has 1 fully saturated rings. The first-order chi connectivity index (χ1) is 8.13. The zero-order chi connectivity index (χ0) is 12.3. The fourth-order valence-electron chi connectivity index (χ4n) is 1.98. The molecule has 1 aromatic rings.